The number of hydrogen-bond acceptors (Lipinski definition) is 5. The zero-order chi connectivity index (χ0) is 24.4. The van der Waals surface area contributed by atoms with E-state index >= 15 is 0 Å². The van der Waals surface area contributed by atoms with Gasteiger partial charge in [0.05, 0.1) is 24.6 Å². The lowest BCUT2D eigenvalue weighted by molar-refractivity contribution is -0.139. The Morgan fingerprint density at radius 2 is 1.78 bits per heavy atom. The number of benzene rings is 2. The summed E-state index contributed by atoms with van der Waals surface area (Å²) < 4.78 is 5.51. The Labute approximate surface area is 231 Å². The van der Waals surface area contributed by atoms with Crippen LogP contribution in [0.5, 0.6) is 0 Å². The molecule has 0 radical (unpaired) electrons. The predicted octanol–water partition coefficient (Wildman–Crippen LogP) is 4.31. The fourth-order valence-corrected chi connectivity index (χ4v) is 6.28. The van der Waals surface area contributed by atoms with E-state index in [0.29, 0.717) is 24.6 Å². The van der Waals surface area contributed by atoms with Gasteiger partial charge in [0, 0.05) is 43.4 Å². The number of rotatable bonds is 6. The first kappa shape index (κ1) is 29.2. The molecule has 2 aromatic carbocycles. The van der Waals surface area contributed by atoms with Crippen LogP contribution in [0, 0.1) is 11.8 Å². The number of ether oxygens (including phenoxy) is 1. The van der Waals surface area contributed by atoms with Gasteiger partial charge in [-0.1, -0.05) is 43.2 Å². The maximum Gasteiger partial charge on any atom is 0.251 e. The highest BCUT2D eigenvalue weighted by Crippen LogP contribution is 2.47. The highest BCUT2D eigenvalue weighted by atomic mass is 35.5. The summed E-state index contributed by atoms with van der Waals surface area (Å²) in [4.78, 5) is 29.2. The molecule has 0 aromatic heterocycles. The standard InChI is InChI=1S/C28H36N4O3.2ClH/c1-35-17-25-21-14-15-32(26(21)20-6-2-4-8-23(20)30-25)28(34)22-7-3-5-9-24(22)31-27(33)19-12-10-18(16-29)11-13-19;;/h2,4,6,8,10-13,21-22,24-26,30H,3,5,7,9,14-17,29H2,1H3,(H,31,33);2*1H/t21-,22-,24+,25-,26-;;/m0../s1. The lowest BCUT2D eigenvalue weighted by Crippen LogP contribution is -2.50. The third-order valence-corrected chi connectivity index (χ3v) is 8.06. The van der Waals surface area contributed by atoms with Crippen molar-refractivity contribution in [3.8, 4) is 0 Å². The molecular weight excluding hydrogens is 511 g/mol. The first-order valence-corrected chi connectivity index (χ1v) is 12.9. The molecule has 0 spiro atoms. The van der Waals surface area contributed by atoms with E-state index in [1.807, 2.05) is 30.3 Å². The highest BCUT2D eigenvalue weighted by Gasteiger charge is 2.48. The van der Waals surface area contributed by atoms with Crippen LogP contribution in [-0.4, -0.2) is 49.1 Å². The Morgan fingerprint density at radius 1 is 1.05 bits per heavy atom. The summed E-state index contributed by atoms with van der Waals surface area (Å²) in [6.07, 6.45) is 4.62. The topological polar surface area (TPSA) is 96.7 Å². The average molecular weight is 550 g/mol. The maximum atomic E-state index is 14.1. The van der Waals surface area contributed by atoms with E-state index in [1.165, 1.54) is 5.56 Å². The van der Waals surface area contributed by atoms with E-state index in [2.05, 4.69) is 33.7 Å². The summed E-state index contributed by atoms with van der Waals surface area (Å²) in [7, 11) is 1.73. The summed E-state index contributed by atoms with van der Waals surface area (Å²) in [6.45, 7) is 1.80. The van der Waals surface area contributed by atoms with Gasteiger partial charge in [0.2, 0.25) is 5.91 Å². The van der Waals surface area contributed by atoms with Crippen LogP contribution in [0.2, 0.25) is 0 Å². The van der Waals surface area contributed by atoms with Gasteiger partial charge in [-0.15, -0.1) is 24.8 Å². The van der Waals surface area contributed by atoms with E-state index in [1.54, 1.807) is 7.11 Å². The number of nitrogens with one attached hydrogen (secondary N) is 2. The summed E-state index contributed by atoms with van der Waals surface area (Å²) in [5, 5.41) is 6.84. The van der Waals surface area contributed by atoms with E-state index in [4.69, 9.17) is 10.5 Å². The molecule has 202 valence electrons. The lowest BCUT2D eigenvalue weighted by Gasteiger charge is -2.41. The smallest absolute Gasteiger partial charge is 0.251 e. The molecule has 1 saturated carbocycles. The Balaban J connectivity index is 0.00000190. The summed E-state index contributed by atoms with van der Waals surface area (Å²) in [5.41, 5.74) is 9.56. The van der Waals surface area contributed by atoms with Crippen LogP contribution in [0.4, 0.5) is 5.69 Å². The van der Waals surface area contributed by atoms with Crippen molar-refractivity contribution in [2.24, 2.45) is 17.6 Å². The van der Waals surface area contributed by atoms with Gasteiger partial charge < -0.3 is 26.0 Å². The molecule has 1 aliphatic carbocycles. The Morgan fingerprint density at radius 3 is 2.51 bits per heavy atom. The Hall–Kier alpha value is -2.32. The molecule has 37 heavy (non-hydrogen) atoms. The summed E-state index contributed by atoms with van der Waals surface area (Å²) in [6, 6.07) is 15.8. The van der Waals surface area contributed by atoms with Gasteiger partial charge in [0.25, 0.3) is 5.91 Å². The number of hydrogen-bond donors (Lipinski definition) is 3. The molecule has 4 N–H and O–H groups in total. The number of carbonyl (C=O) groups is 2. The summed E-state index contributed by atoms with van der Waals surface area (Å²) >= 11 is 0. The monoisotopic (exact) mass is 548 g/mol. The molecule has 2 amide bonds. The van der Waals surface area contributed by atoms with Crippen molar-refractivity contribution in [3.05, 3.63) is 65.2 Å². The zero-order valence-electron chi connectivity index (χ0n) is 21.2. The van der Waals surface area contributed by atoms with Gasteiger partial charge >= 0.3 is 0 Å². The van der Waals surface area contributed by atoms with Crippen molar-refractivity contribution >= 4 is 42.3 Å². The van der Waals surface area contributed by atoms with Crippen molar-refractivity contribution in [1.82, 2.24) is 10.2 Å². The number of halogens is 2. The minimum absolute atomic E-state index is 0. The van der Waals surface area contributed by atoms with Crippen molar-refractivity contribution < 1.29 is 14.3 Å². The molecule has 5 atom stereocenters. The van der Waals surface area contributed by atoms with Crippen molar-refractivity contribution in [2.75, 3.05) is 25.6 Å². The van der Waals surface area contributed by atoms with E-state index < -0.39 is 0 Å². The van der Waals surface area contributed by atoms with Crippen molar-refractivity contribution in [2.45, 2.75) is 56.8 Å². The van der Waals surface area contributed by atoms with Crippen LogP contribution in [0.15, 0.2) is 48.5 Å². The van der Waals surface area contributed by atoms with E-state index in [9.17, 15) is 9.59 Å². The lowest BCUT2D eigenvalue weighted by atomic mass is 9.81. The van der Waals surface area contributed by atoms with Crippen LogP contribution in [0.25, 0.3) is 0 Å². The van der Waals surface area contributed by atoms with Crippen molar-refractivity contribution in [3.63, 3.8) is 0 Å². The molecule has 0 unspecified atom stereocenters. The second-order valence-electron chi connectivity index (χ2n) is 10.1. The zero-order valence-corrected chi connectivity index (χ0v) is 22.9. The fraction of sp³-hybridized carbons (Fsp3) is 0.500. The number of carbonyl (C=O) groups excluding carboxylic acids is 2. The van der Waals surface area contributed by atoms with Gasteiger partial charge in [-0.2, -0.15) is 0 Å². The van der Waals surface area contributed by atoms with Gasteiger partial charge in [-0.05, 0) is 48.6 Å². The Bertz CT molecular complexity index is 1070. The molecule has 5 rings (SSSR count). The highest BCUT2D eigenvalue weighted by molar-refractivity contribution is 5.95. The van der Waals surface area contributed by atoms with E-state index in [-0.39, 0.29) is 60.7 Å². The number of amides is 2. The number of methoxy groups -OCH3 is 1. The first-order chi connectivity index (χ1) is 17.1. The third-order valence-electron chi connectivity index (χ3n) is 8.06. The largest absolute Gasteiger partial charge is 0.383 e. The number of nitrogens with two attached hydrogens (primary N) is 1. The molecular formula is C28H38Cl2N4O3. The van der Waals surface area contributed by atoms with Crippen LogP contribution in [0.3, 0.4) is 0 Å². The van der Waals surface area contributed by atoms with Gasteiger partial charge in [0.1, 0.15) is 0 Å². The number of para-hydroxylation sites is 1. The van der Waals surface area contributed by atoms with Crippen LogP contribution in [0.1, 0.15) is 59.6 Å². The molecule has 2 aliphatic heterocycles. The normalized spacial score (nSPS) is 26.0. The second-order valence-corrected chi connectivity index (χ2v) is 10.1. The van der Waals surface area contributed by atoms with Crippen molar-refractivity contribution in [1.29, 1.82) is 0 Å². The van der Waals surface area contributed by atoms with Gasteiger partial charge in [0.15, 0.2) is 0 Å². The minimum Gasteiger partial charge on any atom is -0.383 e. The number of fused-ring (bicyclic) bond motifs is 3. The molecule has 1 saturated heterocycles. The molecule has 0 bridgehead atoms. The number of anilines is 1. The number of likely N-dealkylation sites (tertiary alicyclic amines) is 1. The maximum absolute atomic E-state index is 14.1. The van der Waals surface area contributed by atoms with Crippen LogP contribution in [-0.2, 0) is 16.1 Å². The fourth-order valence-electron chi connectivity index (χ4n) is 6.28. The molecule has 2 fully saturated rings. The minimum atomic E-state index is -0.197. The third kappa shape index (κ3) is 5.90. The van der Waals surface area contributed by atoms with Gasteiger partial charge in [-0.25, -0.2) is 0 Å². The molecule has 2 aromatic rings. The SMILES string of the molecule is COC[C@@H]1Nc2ccccc2[C@H]2[C@H]1CCN2C(=O)[C@H]1CCCC[C@H]1NC(=O)c1ccc(CN)cc1.Cl.Cl. The molecule has 9 heteroatoms. The molecule has 3 aliphatic rings. The number of nitrogens with zero attached hydrogens (tertiary/aromatic N) is 1. The predicted molar refractivity (Wildman–Crippen MR) is 150 cm³/mol. The van der Waals surface area contributed by atoms with E-state index in [0.717, 1.165) is 49.9 Å². The van der Waals surface area contributed by atoms with Crippen LogP contribution < -0.4 is 16.4 Å². The molecule has 7 nitrogen and oxygen atoms in total. The first-order valence-electron chi connectivity index (χ1n) is 12.9. The molecule has 2 heterocycles. The van der Waals surface area contributed by atoms with Crippen LogP contribution >= 0.6 is 24.8 Å². The Kier molecular flexibility index (Phi) is 10.2. The van der Waals surface area contributed by atoms with Gasteiger partial charge in [-0.3, -0.25) is 9.59 Å². The average Bonchev–Trinajstić information content (AvgIpc) is 3.35. The second kappa shape index (κ2) is 13.0. The summed E-state index contributed by atoms with van der Waals surface area (Å²) in [5.74, 6) is 0.169. The quantitative estimate of drug-likeness (QED) is 0.499.